The highest BCUT2D eigenvalue weighted by Crippen LogP contribution is 2.21. The molecule has 0 aromatic rings. The van der Waals surface area contributed by atoms with Gasteiger partial charge >= 0.3 is 0 Å². The van der Waals surface area contributed by atoms with Gasteiger partial charge in [-0.1, -0.05) is 38.3 Å². The van der Waals surface area contributed by atoms with Crippen LogP contribution in [0, 0.1) is 11.8 Å². The molecule has 0 saturated heterocycles. The van der Waals surface area contributed by atoms with Crippen LogP contribution in [0.3, 0.4) is 0 Å². The summed E-state index contributed by atoms with van der Waals surface area (Å²) in [6.07, 6.45) is 2.69. The molecule has 72 valence electrons. The van der Waals surface area contributed by atoms with Crippen LogP contribution in [0.4, 0.5) is 0 Å². The first-order chi connectivity index (χ1) is 5.45. The van der Waals surface area contributed by atoms with Crippen LogP contribution in [0.5, 0.6) is 0 Å². The molecule has 0 aliphatic rings. The second-order valence-corrected chi connectivity index (χ2v) is 4.56. The smallest absolute Gasteiger partial charge is 0.0232 e. The van der Waals surface area contributed by atoms with Crippen LogP contribution >= 0.6 is 0 Å². The Balaban J connectivity index is 3.88. The van der Waals surface area contributed by atoms with E-state index in [4.69, 9.17) is 0 Å². The largest absolute Gasteiger partial charge is 0.0772 e. The van der Waals surface area contributed by atoms with Crippen molar-refractivity contribution in [2.75, 3.05) is 0 Å². The molecule has 0 heteroatoms. The maximum atomic E-state index is 2.34. The van der Waals surface area contributed by atoms with Gasteiger partial charge in [-0.15, -0.1) is 0 Å². The molecular weight excluding hydrogens is 144 g/mol. The molecule has 1 atom stereocenters. The molecule has 12 heavy (non-hydrogen) atoms. The quantitative estimate of drug-likeness (QED) is 0.545. The van der Waals surface area contributed by atoms with Gasteiger partial charge in [0.25, 0.3) is 0 Å². The molecule has 0 fully saturated rings. The highest BCUT2D eigenvalue weighted by molar-refractivity contribution is 5.09. The molecule has 0 bridgehead atoms. The fourth-order valence-electron chi connectivity index (χ4n) is 1.29. The van der Waals surface area contributed by atoms with E-state index < -0.39 is 0 Å². The Morgan fingerprint density at radius 1 is 0.917 bits per heavy atom. The Morgan fingerprint density at radius 3 is 1.75 bits per heavy atom. The fraction of sp³-hybridized carbons (Fsp3) is 0.833. The lowest BCUT2D eigenvalue weighted by atomic mass is 9.91. The van der Waals surface area contributed by atoms with Crippen LogP contribution in [0.1, 0.15) is 54.4 Å². The van der Waals surface area contributed by atoms with Gasteiger partial charge < -0.3 is 0 Å². The van der Waals surface area contributed by atoms with Gasteiger partial charge in [0.05, 0.1) is 0 Å². The first-order valence-corrected chi connectivity index (χ1v) is 5.09. The van der Waals surface area contributed by atoms with E-state index in [2.05, 4.69) is 41.5 Å². The van der Waals surface area contributed by atoms with Crippen molar-refractivity contribution in [2.45, 2.75) is 54.4 Å². The topological polar surface area (TPSA) is 0 Å². The number of hydrogen-bond donors (Lipinski definition) is 0. The maximum Gasteiger partial charge on any atom is -0.0232 e. The van der Waals surface area contributed by atoms with Crippen molar-refractivity contribution < 1.29 is 0 Å². The van der Waals surface area contributed by atoms with Crippen molar-refractivity contribution in [3.05, 3.63) is 11.1 Å². The van der Waals surface area contributed by atoms with Gasteiger partial charge in [-0.05, 0) is 39.0 Å². The third-order valence-electron chi connectivity index (χ3n) is 2.70. The molecule has 0 N–H and O–H groups in total. The fourth-order valence-corrected chi connectivity index (χ4v) is 1.29. The van der Waals surface area contributed by atoms with E-state index in [9.17, 15) is 0 Å². The second kappa shape index (κ2) is 5.40. The van der Waals surface area contributed by atoms with Crippen molar-refractivity contribution >= 4 is 0 Å². The summed E-state index contributed by atoms with van der Waals surface area (Å²) in [5, 5.41) is 0. The molecular formula is C12H24. The van der Waals surface area contributed by atoms with Crippen molar-refractivity contribution in [1.82, 2.24) is 0 Å². The van der Waals surface area contributed by atoms with Gasteiger partial charge in [0, 0.05) is 0 Å². The summed E-state index contributed by atoms with van der Waals surface area (Å²) < 4.78 is 0. The van der Waals surface area contributed by atoms with E-state index in [1.165, 1.54) is 18.4 Å². The molecule has 0 heterocycles. The molecule has 0 amide bonds. The lowest BCUT2D eigenvalue weighted by Crippen LogP contribution is -2.00. The Morgan fingerprint density at radius 2 is 1.42 bits per heavy atom. The lowest BCUT2D eigenvalue weighted by Gasteiger charge is -2.15. The standard InChI is InChI=1S/C12H24/c1-9(2)7-8-11(5)12(6)10(3)4/h9,11H,7-8H2,1-6H3. The summed E-state index contributed by atoms with van der Waals surface area (Å²) in [7, 11) is 0. The van der Waals surface area contributed by atoms with Gasteiger partial charge in [0.1, 0.15) is 0 Å². The molecule has 0 spiro atoms. The summed E-state index contributed by atoms with van der Waals surface area (Å²) >= 11 is 0. The Labute approximate surface area is 78.1 Å². The number of hydrogen-bond acceptors (Lipinski definition) is 0. The Hall–Kier alpha value is -0.260. The molecule has 0 aromatic heterocycles. The van der Waals surface area contributed by atoms with Gasteiger partial charge in [0.15, 0.2) is 0 Å². The average molecular weight is 168 g/mol. The number of rotatable bonds is 4. The predicted molar refractivity (Wildman–Crippen MR) is 57.3 cm³/mol. The Bertz CT molecular complexity index is 147. The van der Waals surface area contributed by atoms with Crippen LogP contribution in [-0.2, 0) is 0 Å². The van der Waals surface area contributed by atoms with Crippen LogP contribution < -0.4 is 0 Å². The van der Waals surface area contributed by atoms with E-state index in [0.717, 1.165) is 11.8 Å². The van der Waals surface area contributed by atoms with E-state index in [1.807, 2.05) is 0 Å². The molecule has 0 nitrogen and oxygen atoms in total. The second-order valence-electron chi connectivity index (χ2n) is 4.56. The normalized spacial score (nSPS) is 13.2. The molecule has 0 rings (SSSR count). The maximum absolute atomic E-state index is 2.34. The van der Waals surface area contributed by atoms with Crippen LogP contribution in [0.15, 0.2) is 11.1 Å². The van der Waals surface area contributed by atoms with E-state index in [1.54, 1.807) is 5.57 Å². The first-order valence-electron chi connectivity index (χ1n) is 5.09. The molecule has 1 unspecified atom stereocenters. The van der Waals surface area contributed by atoms with E-state index in [-0.39, 0.29) is 0 Å². The molecule has 0 aromatic carbocycles. The van der Waals surface area contributed by atoms with Gasteiger partial charge in [-0.3, -0.25) is 0 Å². The minimum absolute atomic E-state index is 0.775. The summed E-state index contributed by atoms with van der Waals surface area (Å²) in [5.74, 6) is 1.62. The summed E-state index contributed by atoms with van der Waals surface area (Å²) in [4.78, 5) is 0. The van der Waals surface area contributed by atoms with Crippen molar-refractivity contribution in [1.29, 1.82) is 0 Å². The lowest BCUT2D eigenvalue weighted by molar-refractivity contribution is 0.487. The minimum Gasteiger partial charge on any atom is -0.0772 e. The highest BCUT2D eigenvalue weighted by atomic mass is 14.1. The van der Waals surface area contributed by atoms with Crippen molar-refractivity contribution in [2.24, 2.45) is 11.8 Å². The zero-order valence-corrected chi connectivity index (χ0v) is 9.57. The molecule has 0 saturated carbocycles. The zero-order chi connectivity index (χ0) is 9.72. The highest BCUT2D eigenvalue weighted by Gasteiger charge is 2.06. The molecule has 0 aliphatic carbocycles. The van der Waals surface area contributed by atoms with Crippen LogP contribution in [0.25, 0.3) is 0 Å². The van der Waals surface area contributed by atoms with Crippen molar-refractivity contribution in [3.8, 4) is 0 Å². The minimum atomic E-state index is 0.775. The van der Waals surface area contributed by atoms with E-state index >= 15 is 0 Å². The monoisotopic (exact) mass is 168 g/mol. The third kappa shape index (κ3) is 4.58. The molecule has 0 radical (unpaired) electrons. The van der Waals surface area contributed by atoms with Crippen LogP contribution in [-0.4, -0.2) is 0 Å². The van der Waals surface area contributed by atoms with Crippen molar-refractivity contribution in [3.63, 3.8) is 0 Å². The zero-order valence-electron chi connectivity index (χ0n) is 9.57. The summed E-state index contributed by atoms with van der Waals surface area (Å²) in [6, 6.07) is 0. The van der Waals surface area contributed by atoms with Gasteiger partial charge in [-0.25, -0.2) is 0 Å². The molecule has 0 aliphatic heterocycles. The summed E-state index contributed by atoms with van der Waals surface area (Å²) in [5.41, 5.74) is 3.07. The van der Waals surface area contributed by atoms with Gasteiger partial charge in [0.2, 0.25) is 0 Å². The third-order valence-corrected chi connectivity index (χ3v) is 2.70. The SMILES string of the molecule is CC(C)=C(C)C(C)CCC(C)C. The number of allylic oxidation sites excluding steroid dienone is 2. The van der Waals surface area contributed by atoms with E-state index in [0.29, 0.717) is 0 Å². The average Bonchev–Trinajstić information content (AvgIpc) is 1.98. The van der Waals surface area contributed by atoms with Gasteiger partial charge in [-0.2, -0.15) is 0 Å². The first kappa shape index (κ1) is 11.7. The Kier molecular flexibility index (Phi) is 5.28. The van der Waals surface area contributed by atoms with Crippen LogP contribution in [0.2, 0.25) is 0 Å². The summed E-state index contributed by atoms with van der Waals surface area (Å²) in [6.45, 7) is 13.6. The predicted octanol–water partition coefficient (Wildman–Crippen LogP) is 4.42.